The van der Waals surface area contributed by atoms with Crippen LogP contribution in [-0.2, 0) is 0 Å². The summed E-state index contributed by atoms with van der Waals surface area (Å²) >= 11 is 1.28. The Labute approximate surface area is 101 Å². The first-order valence-electron chi connectivity index (χ1n) is 4.85. The van der Waals surface area contributed by atoms with Crippen molar-refractivity contribution in [2.45, 2.75) is 6.42 Å². The lowest BCUT2D eigenvalue weighted by Gasteiger charge is -2.11. The normalized spacial score (nSPS) is 12.1. The van der Waals surface area contributed by atoms with Crippen LogP contribution in [0, 0.1) is 5.41 Å². The average Bonchev–Trinajstić information content (AvgIpc) is 2.25. The Balaban J connectivity index is 2.16. The van der Waals surface area contributed by atoms with Crippen LogP contribution >= 0.6 is 20.1 Å². The van der Waals surface area contributed by atoms with Crippen molar-refractivity contribution in [2.75, 3.05) is 11.9 Å². The third kappa shape index (κ3) is 5.95. The van der Waals surface area contributed by atoms with Gasteiger partial charge >= 0.3 is 0 Å². The van der Waals surface area contributed by atoms with Crippen LogP contribution in [0.2, 0.25) is 0 Å². The highest BCUT2D eigenvalue weighted by Gasteiger charge is 2.06. The first-order valence-corrected chi connectivity index (χ1v) is 7.23. The molecule has 0 spiro atoms. The number of para-hydroxylation sites is 1. The average molecular weight is 258 g/mol. The van der Waals surface area contributed by atoms with E-state index in [9.17, 15) is 4.89 Å². The van der Waals surface area contributed by atoms with Crippen LogP contribution in [-0.4, -0.2) is 22.0 Å². The lowest BCUT2D eigenvalue weighted by molar-refractivity contribution is 0.485. The number of nitrogens with one attached hydrogen (secondary N) is 1. The SMILES string of the molecule is N=C(N)SCCCP(O)Oc1ccccc1. The predicted octanol–water partition coefficient (Wildman–Crippen LogP) is 2.39. The van der Waals surface area contributed by atoms with E-state index < -0.39 is 8.38 Å². The molecule has 0 saturated carbocycles. The van der Waals surface area contributed by atoms with Crippen LogP contribution in [0.1, 0.15) is 6.42 Å². The third-order valence-corrected chi connectivity index (χ3v) is 3.63. The summed E-state index contributed by atoms with van der Waals surface area (Å²) in [6.45, 7) is 0. The van der Waals surface area contributed by atoms with Crippen LogP contribution in [0.4, 0.5) is 0 Å². The van der Waals surface area contributed by atoms with Crippen molar-refractivity contribution in [3.63, 3.8) is 0 Å². The molecular weight excluding hydrogens is 243 g/mol. The summed E-state index contributed by atoms with van der Waals surface area (Å²) in [6, 6.07) is 9.26. The highest BCUT2D eigenvalue weighted by molar-refractivity contribution is 8.13. The number of amidine groups is 1. The summed E-state index contributed by atoms with van der Waals surface area (Å²) in [5.74, 6) is 1.43. The Morgan fingerprint density at radius 2 is 2.12 bits per heavy atom. The van der Waals surface area contributed by atoms with Crippen molar-refractivity contribution >= 4 is 25.3 Å². The summed E-state index contributed by atoms with van der Waals surface area (Å²) in [5.41, 5.74) is 5.19. The Morgan fingerprint density at radius 1 is 1.44 bits per heavy atom. The molecule has 1 atom stereocenters. The van der Waals surface area contributed by atoms with Crippen LogP contribution in [0.25, 0.3) is 0 Å². The van der Waals surface area contributed by atoms with Gasteiger partial charge in [-0.2, -0.15) is 0 Å². The summed E-state index contributed by atoms with van der Waals surface area (Å²) in [5, 5.41) is 7.13. The monoisotopic (exact) mass is 258 g/mol. The molecule has 1 rings (SSSR count). The van der Waals surface area contributed by atoms with Gasteiger partial charge < -0.3 is 15.2 Å². The molecule has 0 aliphatic rings. The quantitative estimate of drug-likeness (QED) is 0.317. The van der Waals surface area contributed by atoms with Gasteiger partial charge in [0.05, 0.1) is 0 Å². The van der Waals surface area contributed by atoms with E-state index >= 15 is 0 Å². The molecule has 6 heteroatoms. The molecule has 0 aromatic heterocycles. The van der Waals surface area contributed by atoms with Crippen molar-refractivity contribution < 1.29 is 9.42 Å². The van der Waals surface area contributed by atoms with E-state index in [1.807, 2.05) is 30.3 Å². The maximum atomic E-state index is 9.62. The van der Waals surface area contributed by atoms with Gasteiger partial charge in [0.1, 0.15) is 5.75 Å². The Bertz CT molecular complexity index is 324. The molecule has 4 N–H and O–H groups in total. The Hall–Kier alpha value is -0.770. The molecule has 1 unspecified atom stereocenters. The van der Waals surface area contributed by atoms with Crippen LogP contribution < -0.4 is 10.3 Å². The number of hydrogen-bond acceptors (Lipinski definition) is 4. The van der Waals surface area contributed by atoms with Gasteiger partial charge in [-0.25, -0.2) is 0 Å². The lowest BCUT2D eigenvalue weighted by Crippen LogP contribution is -2.05. The molecule has 0 amide bonds. The van der Waals surface area contributed by atoms with Crippen LogP contribution in [0.5, 0.6) is 5.75 Å². The number of benzene rings is 1. The molecule has 88 valence electrons. The molecule has 0 radical (unpaired) electrons. The van der Waals surface area contributed by atoms with Crippen molar-refractivity contribution in [3.8, 4) is 5.75 Å². The van der Waals surface area contributed by atoms with E-state index in [4.69, 9.17) is 15.7 Å². The molecule has 0 aliphatic heterocycles. The van der Waals surface area contributed by atoms with Crippen molar-refractivity contribution in [2.24, 2.45) is 5.73 Å². The van der Waals surface area contributed by atoms with Crippen molar-refractivity contribution in [1.29, 1.82) is 5.41 Å². The predicted molar refractivity (Wildman–Crippen MR) is 70.1 cm³/mol. The van der Waals surface area contributed by atoms with Gasteiger partial charge in [0, 0.05) is 11.9 Å². The molecule has 0 saturated heterocycles. The molecule has 4 nitrogen and oxygen atoms in total. The second kappa shape index (κ2) is 7.49. The summed E-state index contributed by atoms with van der Waals surface area (Å²) < 4.78 is 5.35. The Kier molecular flexibility index (Phi) is 6.23. The third-order valence-electron chi connectivity index (χ3n) is 1.71. The largest absolute Gasteiger partial charge is 0.447 e. The second-order valence-corrected chi connectivity index (χ2v) is 5.52. The van der Waals surface area contributed by atoms with E-state index in [0.717, 1.165) is 12.2 Å². The van der Waals surface area contributed by atoms with E-state index in [1.165, 1.54) is 11.8 Å². The Morgan fingerprint density at radius 3 is 2.75 bits per heavy atom. The smallest absolute Gasteiger partial charge is 0.227 e. The highest BCUT2D eigenvalue weighted by atomic mass is 32.2. The van der Waals surface area contributed by atoms with E-state index in [2.05, 4.69) is 0 Å². The van der Waals surface area contributed by atoms with Gasteiger partial charge in [0.2, 0.25) is 8.38 Å². The molecule has 0 fully saturated rings. The van der Waals surface area contributed by atoms with Crippen molar-refractivity contribution in [3.05, 3.63) is 30.3 Å². The number of rotatable bonds is 6. The van der Waals surface area contributed by atoms with Crippen LogP contribution in [0.15, 0.2) is 30.3 Å². The van der Waals surface area contributed by atoms with Crippen molar-refractivity contribution in [1.82, 2.24) is 0 Å². The molecule has 16 heavy (non-hydrogen) atoms. The molecule has 0 aliphatic carbocycles. The first kappa shape index (κ1) is 13.3. The molecular formula is C10H15N2O2PS. The number of nitrogens with two attached hydrogens (primary N) is 1. The van der Waals surface area contributed by atoms with Gasteiger partial charge in [0.15, 0.2) is 5.17 Å². The minimum Gasteiger partial charge on any atom is -0.447 e. The fraction of sp³-hybridized carbons (Fsp3) is 0.300. The minimum absolute atomic E-state index is 0.117. The maximum Gasteiger partial charge on any atom is 0.227 e. The second-order valence-electron chi connectivity index (χ2n) is 3.05. The van der Waals surface area contributed by atoms with Gasteiger partial charge in [0.25, 0.3) is 0 Å². The maximum absolute atomic E-state index is 9.62. The topological polar surface area (TPSA) is 79.3 Å². The molecule has 1 aromatic rings. The standard InChI is InChI=1S/C10H15N2O2PS/c11-10(12)16-8-4-7-15(13)14-9-5-2-1-3-6-9/h1-3,5-6,13H,4,7-8H2,(H3,11,12). The zero-order valence-corrected chi connectivity index (χ0v) is 10.5. The highest BCUT2D eigenvalue weighted by Crippen LogP contribution is 2.34. The molecule has 0 bridgehead atoms. The van der Waals surface area contributed by atoms with E-state index in [1.54, 1.807) is 0 Å². The molecule has 1 aromatic carbocycles. The van der Waals surface area contributed by atoms with Gasteiger partial charge in [-0.1, -0.05) is 30.0 Å². The number of hydrogen-bond donors (Lipinski definition) is 3. The van der Waals surface area contributed by atoms with Crippen LogP contribution in [0.3, 0.4) is 0 Å². The van der Waals surface area contributed by atoms with Gasteiger partial charge in [-0.3, -0.25) is 5.41 Å². The fourth-order valence-corrected chi connectivity index (χ4v) is 2.64. The zero-order valence-electron chi connectivity index (χ0n) is 8.80. The minimum atomic E-state index is -1.41. The summed E-state index contributed by atoms with van der Waals surface area (Å²) in [7, 11) is -1.41. The first-order chi connectivity index (χ1) is 7.68. The summed E-state index contributed by atoms with van der Waals surface area (Å²) in [4.78, 5) is 9.62. The van der Waals surface area contributed by atoms with Gasteiger partial charge in [-0.15, -0.1) is 0 Å². The summed E-state index contributed by atoms with van der Waals surface area (Å²) in [6.07, 6.45) is 1.39. The lowest BCUT2D eigenvalue weighted by atomic mass is 10.3. The van der Waals surface area contributed by atoms with E-state index in [-0.39, 0.29) is 5.17 Å². The van der Waals surface area contributed by atoms with Gasteiger partial charge in [-0.05, 0) is 18.6 Å². The fourth-order valence-electron chi connectivity index (χ4n) is 1.03. The van der Waals surface area contributed by atoms with E-state index in [0.29, 0.717) is 11.9 Å². The molecule has 0 heterocycles. The zero-order chi connectivity index (χ0) is 11.8. The number of thioether (sulfide) groups is 1.